The van der Waals surface area contributed by atoms with Crippen molar-refractivity contribution in [2.24, 2.45) is 0 Å². The van der Waals surface area contributed by atoms with E-state index in [0.717, 1.165) is 68.1 Å². The van der Waals surface area contributed by atoms with E-state index >= 15 is 0 Å². The summed E-state index contributed by atoms with van der Waals surface area (Å²) in [6.07, 6.45) is 2.04. The van der Waals surface area contributed by atoms with Crippen LogP contribution in [-0.4, -0.2) is 98.8 Å². The number of benzene rings is 5. The predicted molar refractivity (Wildman–Crippen MR) is 237 cm³/mol. The molecule has 1 aliphatic heterocycles. The first-order valence-electron chi connectivity index (χ1n) is 19.4. The molecule has 0 radical (unpaired) electrons. The molecule has 1 saturated heterocycles. The highest BCUT2D eigenvalue weighted by molar-refractivity contribution is 7.99. The molecule has 15 heteroatoms. The smallest absolute Gasteiger partial charge is 0.293 e. The number of piperazine rings is 1. The Bertz CT molecular complexity index is 2490. The van der Waals surface area contributed by atoms with Gasteiger partial charge in [-0.1, -0.05) is 54.6 Å². The lowest BCUT2D eigenvalue weighted by Crippen LogP contribution is -2.46. The van der Waals surface area contributed by atoms with Crippen molar-refractivity contribution in [2.75, 3.05) is 74.6 Å². The Morgan fingerprint density at radius 2 is 1.64 bits per heavy atom. The van der Waals surface area contributed by atoms with Gasteiger partial charge in [0.05, 0.1) is 22.4 Å². The van der Waals surface area contributed by atoms with Gasteiger partial charge in [-0.2, -0.15) is 0 Å². The molecule has 0 aliphatic carbocycles. The maximum atomic E-state index is 13.8. The van der Waals surface area contributed by atoms with Crippen LogP contribution in [0.5, 0.6) is 5.75 Å². The molecule has 7 rings (SSSR count). The predicted octanol–water partition coefficient (Wildman–Crippen LogP) is 7.86. The molecule has 1 unspecified atom stereocenters. The second-order valence-corrected chi connectivity index (χ2v) is 17.5. The summed E-state index contributed by atoms with van der Waals surface area (Å²) in [4.78, 5) is 28.1. The molecule has 2 N–H and O–H groups in total. The number of sulfonamides is 1. The van der Waals surface area contributed by atoms with Crippen molar-refractivity contribution < 1.29 is 18.1 Å². The summed E-state index contributed by atoms with van der Waals surface area (Å²) in [5, 5.41) is 16.2. The van der Waals surface area contributed by atoms with E-state index in [1.54, 1.807) is 18.9 Å². The average molecular weight is 833 g/mol. The van der Waals surface area contributed by atoms with E-state index < -0.39 is 14.9 Å². The van der Waals surface area contributed by atoms with Gasteiger partial charge in [-0.15, -0.1) is 11.8 Å². The zero-order valence-corrected chi connectivity index (χ0v) is 35.0. The molecule has 0 spiro atoms. The number of thioether (sulfide) groups is 1. The highest BCUT2D eigenvalue weighted by atomic mass is 32.2. The van der Waals surface area contributed by atoms with Crippen LogP contribution < -0.4 is 19.7 Å². The Morgan fingerprint density at radius 3 is 2.36 bits per heavy atom. The van der Waals surface area contributed by atoms with Crippen molar-refractivity contribution >= 4 is 55.6 Å². The van der Waals surface area contributed by atoms with E-state index in [1.165, 1.54) is 35.2 Å². The van der Waals surface area contributed by atoms with Gasteiger partial charge in [-0.25, -0.2) is 18.4 Å². The minimum atomic E-state index is -4.27. The van der Waals surface area contributed by atoms with Crippen LogP contribution in [0.3, 0.4) is 0 Å². The van der Waals surface area contributed by atoms with E-state index in [2.05, 4.69) is 71.1 Å². The summed E-state index contributed by atoms with van der Waals surface area (Å²) >= 11 is 1.66. The van der Waals surface area contributed by atoms with Crippen molar-refractivity contribution in [1.29, 1.82) is 0 Å². The first kappa shape index (κ1) is 41.4. The number of rotatable bonds is 17. The molecule has 1 aliphatic rings. The van der Waals surface area contributed by atoms with Gasteiger partial charge in [0.15, 0.2) is 5.82 Å². The van der Waals surface area contributed by atoms with Gasteiger partial charge in [0.25, 0.3) is 15.7 Å². The molecular weight excluding hydrogens is 785 g/mol. The number of nitro groups is 1. The van der Waals surface area contributed by atoms with Crippen molar-refractivity contribution in [3.63, 3.8) is 0 Å². The summed E-state index contributed by atoms with van der Waals surface area (Å²) in [5.41, 5.74) is 5.04. The van der Waals surface area contributed by atoms with Gasteiger partial charge in [-0.3, -0.25) is 19.7 Å². The molecule has 0 amide bonds. The van der Waals surface area contributed by atoms with Crippen LogP contribution in [0.2, 0.25) is 0 Å². The number of ether oxygens (including phenoxy) is 1. The molecule has 1 aromatic heterocycles. The molecule has 0 saturated carbocycles. The fraction of sp³-hybridized carbons (Fsp3) is 0.273. The quantitative estimate of drug-likeness (QED) is 0.0524. The molecule has 6 aromatic rings. The molecular formula is C44H48N8O5S2. The van der Waals surface area contributed by atoms with E-state index in [1.807, 2.05) is 74.8 Å². The molecule has 306 valence electrons. The summed E-state index contributed by atoms with van der Waals surface area (Å²) in [6.45, 7) is 4.85. The van der Waals surface area contributed by atoms with Gasteiger partial charge < -0.3 is 19.9 Å². The molecule has 59 heavy (non-hydrogen) atoms. The number of fused-ring (bicyclic) bond motifs is 1. The third kappa shape index (κ3) is 10.5. The first-order valence-corrected chi connectivity index (χ1v) is 21.9. The number of nitro benzene ring substituents is 1. The molecule has 1 atom stereocenters. The molecule has 2 heterocycles. The lowest BCUT2D eigenvalue weighted by Gasteiger charge is -2.36. The van der Waals surface area contributed by atoms with Gasteiger partial charge in [0, 0.05) is 66.6 Å². The Kier molecular flexibility index (Phi) is 13.3. The fourth-order valence-corrected chi connectivity index (χ4v) is 9.18. The number of anilines is 3. The van der Waals surface area contributed by atoms with Gasteiger partial charge >= 0.3 is 0 Å². The zero-order valence-electron chi connectivity index (χ0n) is 33.3. The zero-order chi connectivity index (χ0) is 41.4. The van der Waals surface area contributed by atoms with E-state index in [-0.39, 0.29) is 28.1 Å². The highest BCUT2D eigenvalue weighted by Gasteiger charge is 2.25. The van der Waals surface area contributed by atoms with Crippen molar-refractivity contribution in [3.05, 3.63) is 137 Å². The summed E-state index contributed by atoms with van der Waals surface area (Å²) < 4.78 is 35.6. The van der Waals surface area contributed by atoms with Crippen LogP contribution in [0.4, 0.5) is 22.9 Å². The van der Waals surface area contributed by atoms with E-state index in [0.29, 0.717) is 16.7 Å². The maximum absolute atomic E-state index is 13.8. The van der Waals surface area contributed by atoms with Crippen LogP contribution in [0, 0.1) is 10.1 Å². The first-order chi connectivity index (χ1) is 28.6. The number of methoxy groups -OCH3 is 1. The fourth-order valence-electron chi connectivity index (χ4n) is 7.14. The average Bonchev–Trinajstić information content (AvgIpc) is 3.25. The largest absolute Gasteiger partial charge is 0.497 e. The number of aromatic nitrogens is 2. The number of hydrogen-bond donors (Lipinski definition) is 2. The number of hydrogen-bond acceptors (Lipinski definition) is 12. The Hall–Kier alpha value is -5.74. The van der Waals surface area contributed by atoms with Gasteiger partial charge in [0.1, 0.15) is 17.8 Å². The SMILES string of the molecule is COc1ccc(-c2ccccc2)c(CN2CCN(c3ccc4c(NS(=O)(=O)c5ccc(NC(CCN(C)C)CSc6ccccc6)c([N+](=O)[O-])c5)ncnc4c3)CC2)c1. The van der Waals surface area contributed by atoms with Crippen LogP contribution in [0.25, 0.3) is 22.0 Å². The van der Waals surface area contributed by atoms with Gasteiger partial charge in [0.2, 0.25) is 0 Å². The topological polar surface area (TPSA) is 146 Å². The van der Waals surface area contributed by atoms with Crippen LogP contribution in [-0.2, 0) is 16.6 Å². The Morgan fingerprint density at radius 1 is 0.898 bits per heavy atom. The molecule has 13 nitrogen and oxygen atoms in total. The number of nitrogens with zero attached hydrogens (tertiary/aromatic N) is 6. The highest BCUT2D eigenvalue weighted by Crippen LogP contribution is 2.33. The van der Waals surface area contributed by atoms with Crippen molar-refractivity contribution in [3.8, 4) is 16.9 Å². The van der Waals surface area contributed by atoms with E-state index in [9.17, 15) is 18.5 Å². The van der Waals surface area contributed by atoms with Crippen LogP contribution >= 0.6 is 11.8 Å². The third-order valence-electron chi connectivity index (χ3n) is 10.3. The Balaban J connectivity index is 1.03. The number of nitrogens with one attached hydrogen (secondary N) is 2. The monoisotopic (exact) mass is 832 g/mol. The molecule has 0 bridgehead atoms. The second kappa shape index (κ2) is 18.9. The minimum absolute atomic E-state index is 0.0884. The maximum Gasteiger partial charge on any atom is 0.293 e. The lowest BCUT2D eigenvalue weighted by molar-refractivity contribution is -0.384. The van der Waals surface area contributed by atoms with Crippen molar-refractivity contribution in [1.82, 2.24) is 19.8 Å². The Labute approximate surface area is 349 Å². The van der Waals surface area contributed by atoms with E-state index in [4.69, 9.17) is 4.74 Å². The second-order valence-electron chi connectivity index (χ2n) is 14.7. The van der Waals surface area contributed by atoms with Crippen LogP contribution in [0.15, 0.2) is 131 Å². The third-order valence-corrected chi connectivity index (χ3v) is 12.8. The molecule has 5 aromatic carbocycles. The summed E-state index contributed by atoms with van der Waals surface area (Å²) in [5.74, 6) is 1.58. The lowest BCUT2D eigenvalue weighted by atomic mass is 9.98. The normalized spacial score (nSPS) is 14.0. The van der Waals surface area contributed by atoms with Crippen molar-refractivity contribution in [2.45, 2.75) is 28.8 Å². The minimum Gasteiger partial charge on any atom is -0.497 e. The standard InChI is InChI=1S/C44H48N8O5S2/c1-49(2)21-20-34(30-58-37-12-8-5-9-13-37)47-41-19-16-38(28-43(41)52(53)54)59(55,56)48-44-40-17-14-35(27-42(40)45-31-46-44)51-24-22-50(23-25-51)29-33-26-36(57-3)15-18-39(33)32-10-6-4-7-11-32/h4-19,26-28,31,34,47H,20-25,29-30H2,1-3H3,(H,45,46,48). The van der Waals surface area contributed by atoms with Gasteiger partial charge in [-0.05, 0) is 98.3 Å². The van der Waals surface area contributed by atoms with Crippen LogP contribution in [0.1, 0.15) is 12.0 Å². The summed E-state index contributed by atoms with van der Waals surface area (Å²) in [7, 11) is 1.37. The molecule has 1 fully saturated rings. The summed E-state index contributed by atoms with van der Waals surface area (Å²) in [6, 6.07) is 36.1.